The van der Waals surface area contributed by atoms with Crippen molar-refractivity contribution in [2.75, 3.05) is 14.1 Å². The quantitative estimate of drug-likeness (QED) is 0.860. The van der Waals surface area contributed by atoms with Gasteiger partial charge in [-0.05, 0) is 36.8 Å². The third-order valence-electron chi connectivity index (χ3n) is 3.60. The lowest BCUT2D eigenvalue weighted by molar-refractivity contribution is -0.128. The smallest absolute Gasteiger partial charge is 0.222 e. The standard InChI is InChI=1S/C15H22N2O/c1-17(2)14(18)8-7-12-3-5-13(6-4-12)11-15(16)9-10-15/h3-6H,7-11,16H2,1-2H3. The maximum Gasteiger partial charge on any atom is 0.222 e. The lowest BCUT2D eigenvalue weighted by Crippen LogP contribution is -2.24. The predicted octanol–water partition coefficient (Wildman–Crippen LogP) is 1.74. The van der Waals surface area contributed by atoms with E-state index in [4.69, 9.17) is 5.73 Å². The number of rotatable bonds is 5. The maximum absolute atomic E-state index is 11.5. The zero-order valence-corrected chi connectivity index (χ0v) is 11.3. The predicted molar refractivity (Wildman–Crippen MR) is 73.3 cm³/mol. The Morgan fingerprint density at radius 3 is 2.28 bits per heavy atom. The van der Waals surface area contributed by atoms with Crippen molar-refractivity contribution in [2.24, 2.45) is 5.73 Å². The third-order valence-corrected chi connectivity index (χ3v) is 3.60. The summed E-state index contributed by atoms with van der Waals surface area (Å²) in [5.74, 6) is 0.179. The Morgan fingerprint density at radius 2 is 1.78 bits per heavy atom. The summed E-state index contributed by atoms with van der Waals surface area (Å²) in [6, 6.07) is 8.51. The number of hydrogen-bond donors (Lipinski definition) is 1. The average molecular weight is 246 g/mol. The molecular formula is C15H22N2O. The molecule has 1 saturated carbocycles. The van der Waals surface area contributed by atoms with E-state index >= 15 is 0 Å². The minimum Gasteiger partial charge on any atom is -0.349 e. The van der Waals surface area contributed by atoms with Gasteiger partial charge in [0.1, 0.15) is 0 Å². The van der Waals surface area contributed by atoms with E-state index in [1.54, 1.807) is 19.0 Å². The van der Waals surface area contributed by atoms with Crippen LogP contribution in [0.5, 0.6) is 0 Å². The van der Waals surface area contributed by atoms with E-state index in [1.165, 1.54) is 11.1 Å². The van der Waals surface area contributed by atoms with Crippen LogP contribution in [0.25, 0.3) is 0 Å². The van der Waals surface area contributed by atoms with Gasteiger partial charge in [0.2, 0.25) is 5.91 Å². The first kappa shape index (κ1) is 13.1. The van der Waals surface area contributed by atoms with E-state index in [2.05, 4.69) is 24.3 Å². The van der Waals surface area contributed by atoms with Crippen LogP contribution < -0.4 is 5.73 Å². The molecule has 1 aliphatic carbocycles. The van der Waals surface area contributed by atoms with Gasteiger partial charge in [0, 0.05) is 26.1 Å². The number of hydrogen-bond acceptors (Lipinski definition) is 2. The number of aryl methyl sites for hydroxylation is 1. The maximum atomic E-state index is 11.5. The van der Waals surface area contributed by atoms with Crippen molar-refractivity contribution in [1.29, 1.82) is 0 Å². The Labute approximate surface area is 109 Å². The van der Waals surface area contributed by atoms with Gasteiger partial charge in [-0.3, -0.25) is 4.79 Å². The zero-order valence-electron chi connectivity index (χ0n) is 11.3. The molecule has 0 atom stereocenters. The second-order valence-corrected chi connectivity index (χ2v) is 5.64. The van der Waals surface area contributed by atoms with Gasteiger partial charge in [0.15, 0.2) is 0 Å². The first-order chi connectivity index (χ1) is 8.48. The highest BCUT2D eigenvalue weighted by molar-refractivity contribution is 5.75. The van der Waals surface area contributed by atoms with E-state index < -0.39 is 0 Å². The molecule has 1 fully saturated rings. The summed E-state index contributed by atoms with van der Waals surface area (Å²) in [5.41, 5.74) is 8.69. The van der Waals surface area contributed by atoms with Crippen LogP contribution in [-0.4, -0.2) is 30.4 Å². The van der Waals surface area contributed by atoms with Crippen LogP contribution >= 0.6 is 0 Å². The van der Waals surface area contributed by atoms with Gasteiger partial charge in [-0.1, -0.05) is 24.3 Å². The van der Waals surface area contributed by atoms with Gasteiger partial charge in [0.05, 0.1) is 0 Å². The molecule has 0 heterocycles. The molecule has 0 spiro atoms. The minimum atomic E-state index is 0.0718. The molecule has 1 aromatic carbocycles. The summed E-state index contributed by atoms with van der Waals surface area (Å²) in [6.45, 7) is 0. The number of amides is 1. The fraction of sp³-hybridized carbons (Fsp3) is 0.533. The Balaban J connectivity index is 1.85. The first-order valence-electron chi connectivity index (χ1n) is 6.55. The fourth-order valence-electron chi connectivity index (χ4n) is 2.04. The van der Waals surface area contributed by atoms with Crippen LogP contribution in [0.1, 0.15) is 30.4 Å². The van der Waals surface area contributed by atoms with Crippen LogP contribution in [0.2, 0.25) is 0 Å². The van der Waals surface area contributed by atoms with E-state index in [1.807, 2.05) is 0 Å². The lowest BCUT2D eigenvalue weighted by atomic mass is 10.0. The summed E-state index contributed by atoms with van der Waals surface area (Å²) in [5, 5.41) is 0. The Kier molecular flexibility index (Phi) is 3.71. The van der Waals surface area contributed by atoms with Gasteiger partial charge in [-0.15, -0.1) is 0 Å². The van der Waals surface area contributed by atoms with Crippen LogP contribution in [-0.2, 0) is 17.6 Å². The van der Waals surface area contributed by atoms with Crippen molar-refractivity contribution in [1.82, 2.24) is 4.90 Å². The van der Waals surface area contributed by atoms with Crippen molar-refractivity contribution in [2.45, 2.75) is 37.6 Å². The SMILES string of the molecule is CN(C)C(=O)CCc1ccc(CC2(N)CC2)cc1. The molecule has 2 N–H and O–H groups in total. The monoisotopic (exact) mass is 246 g/mol. The number of benzene rings is 1. The van der Waals surface area contributed by atoms with E-state index in [0.29, 0.717) is 6.42 Å². The Hall–Kier alpha value is -1.35. The van der Waals surface area contributed by atoms with Crippen molar-refractivity contribution in [3.05, 3.63) is 35.4 Å². The minimum absolute atomic E-state index is 0.0718. The molecular weight excluding hydrogens is 224 g/mol. The summed E-state index contributed by atoms with van der Waals surface area (Å²) in [4.78, 5) is 13.1. The third kappa shape index (κ3) is 3.57. The van der Waals surface area contributed by atoms with E-state index in [-0.39, 0.29) is 11.4 Å². The van der Waals surface area contributed by atoms with Gasteiger partial charge >= 0.3 is 0 Å². The Bertz CT molecular complexity index is 419. The van der Waals surface area contributed by atoms with Crippen molar-refractivity contribution >= 4 is 5.91 Å². The van der Waals surface area contributed by atoms with Crippen molar-refractivity contribution < 1.29 is 4.79 Å². The van der Waals surface area contributed by atoms with Gasteiger partial charge in [-0.2, -0.15) is 0 Å². The molecule has 2 rings (SSSR count). The Morgan fingerprint density at radius 1 is 1.22 bits per heavy atom. The highest BCUT2D eigenvalue weighted by atomic mass is 16.2. The molecule has 0 bridgehead atoms. The summed E-state index contributed by atoms with van der Waals surface area (Å²) in [7, 11) is 3.59. The number of carbonyl (C=O) groups excluding carboxylic acids is 1. The topological polar surface area (TPSA) is 46.3 Å². The molecule has 3 nitrogen and oxygen atoms in total. The lowest BCUT2D eigenvalue weighted by Gasteiger charge is -2.11. The normalized spacial score (nSPS) is 16.4. The van der Waals surface area contributed by atoms with Gasteiger partial charge in [-0.25, -0.2) is 0 Å². The molecule has 1 amide bonds. The summed E-state index contributed by atoms with van der Waals surface area (Å²) in [6.07, 6.45) is 4.65. The summed E-state index contributed by atoms with van der Waals surface area (Å²) >= 11 is 0. The molecule has 0 saturated heterocycles. The largest absolute Gasteiger partial charge is 0.349 e. The van der Waals surface area contributed by atoms with Crippen LogP contribution in [0.3, 0.4) is 0 Å². The molecule has 1 aliphatic rings. The molecule has 0 radical (unpaired) electrons. The molecule has 1 aromatic rings. The fourth-order valence-corrected chi connectivity index (χ4v) is 2.04. The first-order valence-corrected chi connectivity index (χ1v) is 6.55. The molecule has 0 unspecified atom stereocenters. The van der Waals surface area contributed by atoms with E-state index in [9.17, 15) is 4.79 Å². The molecule has 98 valence electrons. The number of nitrogens with two attached hydrogens (primary N) is 1. The second-order valence-electron chi connectivity index (χ2n) is 5.64. The van der Waals surface area contributed by atoms with Gasteiger partial charge in [0.25, 0.3) is 0 Å². The van der Waals surface area contributed by atoms with Crippen LogP contribution in [0.15, 0.2) is 24.3 Å². The number of carbonyl (C=O) groups is 1. The number of nitrogens with zero attached hydrogens (tertiary/aromatic N) is 1. The molecule has 3 heteroatoms. The zero-order chi connectivity index (χ0) is 13.2. The molecule has 0 aliphatic heterocycles. The van der Waals surface area contributed by atoms with Crippen LogP contribution in [0, 0.1) is 0 Å². The highest BCUT2D eigenvalue weighted by Gasteiger charge is 2.37. The van der Waals surface area contributed by atoms with E-state index in [0.717, 1.165) is 25.7 Å². The second kappa shape index (κ2) is 5.11. The van der Waals surface area contributed by atoms with Gasteiger partial charge < -0.3 is 10.6 Å². The average Bonchev–Trinajstić information content (AvgIpc) is 3.05. The van der Waals surface area contributed by atoms with Crippen LogP contribution in [0.4, 0.5) is 0 Å². The summed E-state index contributed by atoms with van der Waals surface area (Å²) < 4.78 is 0. The van der Waals surface area contributed by atoms with Crippen molar-refractivity contribution in [3.8, 4) is 0 Å². The molecule has 18 heavy (non-hydrogen) atoms. The highest BCUT2D eigenvalue weighted by Crippen LogP contribution is 2.35. The van der Waals surface area contributed by atoms with Crippen molar-refractivity contribution in [3.63, 3.8) is 0 Å². The molecule has 0 aromatic heterocycles.